The van der Waals surface area contributed by atoms with Crippen LogP contribution in [-0.4, -0.2) is 25.0 Å². The normalized spacial score (nSPS) is 14.4. The Hall–Kier alpha value is -0.570. The Morgan fingerprint density at radius 2 is 1.48 bits per heavy atom. The fraction of sp³-hybridized carbons (Fsp3) is 0.955. The molecule has 25 heavy (non-hydrogen) atoms. The Bertz CT molecular complexity index is 271. The van der Waals surface area contributed by atoms with E-state index >= 15 is 0 Å². The first-order chi connectivity index (χ1) is 11.9. The maximum Gasteiger partial charge on any atom is 0.220 e. The molecule has 0 aliphatic heterocycles. The molecule has 1 fully saturated rings. The van der Waals surface area contributed by atoms with Gasteiger partial charge in [0.15, 0.2) is 0 Å². The molecule has 0 atom stereocenters. The first-order valence-electron chi connectivity index (χ1n) is 10.9. The van der Waals surface area contributed by atoms with E-state index in [-0.39, 0.29) is 5.91 Å². The van der Waals surface area contributed by atoms with Crippen molar-refractivity contribution in [2.75, 3.05) is 13.1 Å². The highest BCUT2D eigenvalue weighted by molar-refractivity contribution is 5.75. The largest absolute Gasteiger partial charge is 0.356 e. The van der Waals surface area contributed by atoms with Crippen LogP contribution in [0.1, 0.15) is 106 Å². The zero-order valence-electron chi connectivity index (χ0n) is 18.4. The van der Waals surface area contributed by atoms with Crippen LogP contribution in [0.4, 0.5) is 0 Å². The summed E-state index contributed by atoms with van der Waals surface area (Å²) in [7, 11) is 0. The summed E-state index contributed by atoms with van der Waals surface area (Å²) in [6.45, 7) is 16.7. The number of rotatable bonds is 9. The van der Waals surface area contributed by atoms with E-state index in [1.165, 1.54) is 44.9 Å². The lowest BCUT2D eigenvalue weighted by Gasteiger charge is -2.15. The molecule has 2 N–H and O–H groups in total. The SMILES string of the molecule is CC.CC(C)CC(=O)NCCCCCNC(C)C.CC1CCCCC1. The van der Waals surface area contributed by atoms with Crippen molar-refractivity contribution in [3.05, 3.63) is 0 Å². The Balaban J connectivity index is 0. The minimum absolute atomic E-state index is 0.190. The van der Waals surface area contributed by atoms with Gasteiger partial charge < -0.3 is 10.6 Å². The molecule has 3 nitrogen and oxygen atoms in total. The molecule has 1 aliphatic carbocycles. The van der Waals surface area contributed by atoms with Crippen molar-refractivity contribution in [3.8, 4) is 0 Å². The minimum atomic E-state index is 0.190. The van der Waals surface area contributed by atoms with Gasteiger partial charge in [-0.15, -0.1) is 0 Å². The highest BCUT2D eigenvalue weighted by atomic mass is 16.1. The summed E-state index contributed by atoms with van der Waals surface area (Å²) in [5.41, 5.74) is 0. The predicted molar refractivity (Wildman–Crippen MR) is 113 cm³/mol. The molecule has 0 radical (unpaired) electrons. The minimum Gasteiger partial charge on any atom is -0.356 e. The van der Waals surface area contributed by atoms with Crippen molar-refractivity contribution >= 4 is 5.91 Å². The van der Waals surface area contributed by atoms with Gasteiger partial charge >= 0.3 is 0 Å². The second kappa shape index (κ2) is 19.8. The lowest BCUT2D eigenvalue weighted by molar-refractivity contribution is -0.121. The first kappa shape index (κ1) is 26.7. The van der Waals surface area contributed by atoms with Crippen molar-refractivity contribution in [2.24, 2.45) is 11.8 Å². The van der Waals surface area contributed by atoms with Crippen LogP contribution in [-0.2, 0) is 4.79 Å². The number of carbonyl (C=O) groups excluding carboxylic acids is 1. The Kier molecular flexibility index (Phi) is 21.1. The zero-order chi connectivity index (χ0) is 19.5. The lowest BCUT2D eigenvalue weighted by atomic mass is 9.91. The number of unbranched alkanes of at least 4 members (excludes halogenated alkanes) is 2. The topological polar surface area (TPSA) is 41.1 Å². The maximum absolute atomic E-state index is 11.3. The average molecular weight is 357 g/mol. The van der Waals surface area contributed by atoms with Gasteiger partial charge in [0.05, 0.1) is 0 Å². The maximum atomic E-state index is 11.3. The second-order valence-corrected chi connectivity index (χ2v) is 7.86. The van der Waals surface area contributed by atoms with Crippen molar-refractivity contribution in [2.45, 2.75) is 112 Å². The molecule has 0 saturated heterocycles. The summed E-state index contributed by atoms with van der Waals surface area (Å²) in [6, 6.07) is 0.575. The quantitative estimate of drug-likeness (QED) is 0.503. The van der Waals surface area contributed by atoms with Gasteiger partial charge in [-0.1, -0.05) is 87.0 Å². The highest BCUT2D eigenvalue weighted by Crippen LogP contribution is 2.22. The highest BCUT2D eigenvalue weighted by Gasteiger charge is 2.06. The Morgan fingerprint density at radius 1 is 0.920 bits per heavy atom. The standard InChI is InChI=1S/C13H28N2O.C7H14.C2H6/c1-11(2)10-13(16)15-9-7-5-6-8-14-12(3)4;1-7-5-3-2-4-6-7;1-2/h11-12,14H,5-10H2,1-4H3,(H,15,16);7H,2-6H2,1H3;1-2H3. The van der Waals surface area contributed by atoms with E-state index in [9.17, 15) is 4.79 Å². The molecule has 0 aromatic carbocycles. The van der Waals surface area contributed by atoms with Gasteiger partial charge in [0, 0.05) is 19.0 Å². The smallest absolute Gasteiger partial charge is 0.220 e. The van der Waals surface area contributed by atoms with E-state index < -0.39 is 0 Å². The molecule has 0 aromatic heterocycles. The number of carbonyl (C=O) groups is 1. The Labute approximate surface area is 159 Å². The lowest BCUT2D eigenvalue weighted by Crippen LogP contribution is -2.26. The summed E-state index contributed by atoms with van der Waals surface area (Å²) in [5.74, 6) is 1.68. The number of amides is 1. The zero-order valence-corrected chi connectivity index (χ0v) is 18.4. The molecule has 0 bridgehead atoms. The molecular formula is C22H48N2O. The molecule has 0 aromatic rings. The summed E-state index contributed by atoms with van der Waals surface area (Å²) in [5, 5.41) is 6.34. The van der Waals surface area contributed by atoms with Crippen molar-refractivity contribution in [3.63, 3.8) is 0 Å². The van der Waals surface area contributed by atoms with Crippen LogP contribution in [0.5, 0.6) is 0 Å². The van der Waals surface area contributed by atoms with Crippen molar-refractivity contribution in [1.82, 2.24) is 10.6 Å². The predicted octanol–water partition coefficient (Wildman–Crippen LogP) is 5.93. The van der Waals surface area contributed by atoms with E-state index in [4.69, 9.17) is 0 Å². The van der Waals surface area contributed by atoms with Crippen LogP contribution in [0, 0.1) is 11.8 Å². The van der Waals surface area contributed by atoms with Gasteiger partial charge in [0.25, 0.3) is 0 Å². The van der Waals surface area contributed by atoms with Crippen molar-refractivity contribution < 1.29 is 4.79 Å². The van der Waals surface area contributed by atoms with Crippen LogP contribution < -0.4 is 10.6 Å². The van der Waals surface area contributed by atoms with E-state index in [1.807, 2.05) is 13.8 Å². The van der Waals surface area contributed by atoms with E-state index in [1.54, 1.807) is 0 Å². The first-order valence-corrected chi connectivity index (χ1v) is 10.9. The summed E-state index contributed by atoms with van der Waals surface area (Å²) < 4.78 is 0. The van der Waals surface area contributed by atoms with Crippen LogP contribution in [0.2, 0.25) is 0 Å². The number of nitrogens with one attached hydrogen (secondary N) is 2. The third-order valence-corrected chi connectivity index (χ3v) is 4.22. The van der Waals surface area contributed by atoms with Gasteiger partial charge in [0.2, 0.25) is 5.91 Å². The average Bonchev–Trinajstić information content (AvgIpc) is 2.56. The second-order valence-electron chi connectivity index (χ2n) is 7.86. The number of hydrogen-bond acceptors (Lipinski definition) is 2. The van der Waals surface area contributed by atoms with E-state index in [0.717, 1.165) is 25.4 Å². The molecule has 0 unspecified atom stereocenters. The van der Waals surface area contributed by atoms with Crippen LogP contribution in [0.3, 0.4) is 0 Å². The molecule has 152 valence electrons. The van der Waals surface area contributed by atoms with Gasteiger partial charge in [-0.2, -0.15) is 0 Å². The third kappa shape index (κ3) is 23.4. The molecule has 1 aliphatic rings. The molecule has 1 saturated carbocycles. The van der Waals surface area contributed by atoms with Crippen LogP contribution in [0.15, 0.2) is 0 Å². The monoisotopic (exact) mass is 356 g/mol. The molecule has 0 heterocycles. The van der Waals surface area contributed by atoms with E-state index in [0.29, 0.717) is 18.4 Å². The van der Waals surface area contributed by atoms with Gasteiger partial charge in [0.1, 0.15) is 0 Å². The fourth-order valence-electron chi connectivity index (χ4n) is 2.79. The van der Waals surface area contributed by atoms with Gasteiger partial charge in [-0.05, 0) is 31.2 Å². The molecule has 3 heteroatoms. The summed E-state index contributed by atoms with van der Waals surface area (Å²) in [6.07, 6.45) is 11.5. The molecular weight excluding hydrogens is 308 g/mol. The van der Waals surface area contributed by atoms with Gasteiger partial charge in [-0.25, -0.2) is 0 Å². The van der Waals surface area contributed by atoms with Gasteiger partial charge in [-0.3, -0.25) is 4.79 Å². The van der Waals surface area contributed by atoms with Crippen LogP contribution >= 0.6 is 0 Å². The summed E-state index contributed by atoms with van der Waals surface area (Å²) >= 11 is 0. The molecule has 0 spiro atoms. The Morgan fingerprint density at radius 3 is 1.92 bits per heavy atom. The van der Waals surface area contributed by atoms with E-state index in [2.05, 4.69) is 45.3 Å². The third-order valence-electron chi connectivity index (χ3n) is 4.22. The summed E-state index contributed by atoms with van der Waals surface area (Å²) in [4.78, 5) is 11.3. The van der Waals surface area contributed by atoms with Crippen LogP contribution in [0.25, 0.3) is 0 Å². The van der Waals surface area contributed by atoms with Crippen molar-refractivity contribution in [1.29, 1.82) is 0 Å². The molecule has 1 rings (SSSR count). The number of hydrogen-bond donors (Lipinski definition) is 2. The fourth-order valence-corrected chi connectivity index (χ4v) is 2.79. The molecule has 1 amide bonds.